The predicted octanol–water partition coefficient (Wildman–Crippen LogP) is 2.77. The molecule has 3 aliphatic heterocycles. The molecule has 0 aromatic heterocycles. The summed E-state index contributed by atoms with van der Waals surface area (Å²) in [5.41, 5.74) is 2.97. The number of fused-ring (bicyclic) bond motifs is 6. The fourth-order valence-electron chi connectivity index (χ4n) is 7.61. The number of nitriles is 1. The number of ketones is 2. The molecule has 1 fully saturated rings. The lowest BCUT2D eigenvalue weighted by atomic mass is 9.69. The van der Waals surface area contributed by atoms with Crippen LogP contribution < -0.4 is 15.4 Å². The first kappa shape index (κ1) is 33.2. The maximum absolute atomic E-state index is 13.9. The van der Waals surface area contributed by atoms with Crippen LogP contribution in [0.4, 0.5) is 4.79 Å². The first-order valence-corrected chi connectivity index (χ1v) is 15.6. The van der Waals surface area contributed by atoms with E-state index in [1.807, 2.05) is 24.9 Å². The number of alkyl carbamates (subject to hydrolysis) is 1. The van der Waals surface area contributed by atoms with Gasteiger partial charge in [0.05, 0.1) is 25.3 Å². The van der Waals surface area contributed by atoms with E-state index in [1.165, 1.54) is 14.0 Å². The number of likely N-dealkylation sites (N-methyl/N-ethyl adjacent to an activating group) is 1. The second-order valence-electron chi connectivity index (χ2n) is 13.8. The van der Waals surface area contributed by atoms with E-state index in [0.717, 1.165) is 11.1 Å². The van der Waals surface area contributed by atoms with Crippen molar-refractivity contribution in [2.24, 2.45) is 0 Å². The maximum atomic E-state index is 13.9. The Bertz CT molecular complexity index is 1630. The number of aryl methyl sites for hydroxylation is 1. The zero-order valence-corrected chi connectivity index (χ0v) is 27.9. The topological polar surface area (TPSA) is 161 Å². The van der Waals surface area contributed by atoms with Crippen LogP contribution in [0.3, 0.4) is 0 Å². The second kappa shape index (κ2) is 11.9. The van der Waals surface area contributed by atoms with Crippen LogP contribution >= 0.6 is 0 Å². The number of allylic oxidation sites excluding steroid dienone is 2. The number of hydrogen-bond acceptors (Lipinski definition) is 10. The van der Waals surface area contributed by atoms with Crippen LogP contribution in [-0.2, 0) is 25.5 Å². The average Bonchev–Trinajstić information content (AvgIpc) is 2.97. The Labute approximate surface area is 269 Å². The molecule has 2 amide bonds. The van der Waals surface area contributed by atoms with Crippen LogP contribution in [-0.4, -0.2) is 95.0 Å². The van der Waals surface area contributed by atoms with Crippen molar-refractivity contribution >= 4 is 23.6 Å². The van der Waals surface area contributed by atoms with Crippen LogP contribution in [0.25, 0.3) is 0 Å². The van der Waals surface area contributed by atoms with Crippen molar-refractivity contribution in [3.8, 4) is 17.6 Å². The molecule has 2 bridgehead atoms. The molecule has 12 heteroatoms. The minimum Gasteiger partial charge on any atom is -0.504 e. The fraction of sp³-hybridized carbons (Fsp3) is 0.559. The van der Waals surface area contributed by atoms with Crippen molar-refractivity contribution in [3.63, 3.8) is 0 Å². The number of Topliss-reactive ketones (excluding diaryl/α,β-unsaturated/α-hetero) is 2. The number of nitrogens with zero attached hydrogens (tertiary/aromatic N) is 3. The van der Waals surface area contributed by atoms with E-state index in [9.17, 15) is 29.5 Å². The van der Waals surface area contributed by atoms with E-state index in [-0.39, 0.29) is 41.9 Å². The lowest BCUT2D eigenvalue weighted by Gasteiger charge is -2.60. The highest BCUT2D eigenvalue weighted by Crippen LogP contribution is 2.53. The normalized spacial score (nSPS) is 26.8. The third kappa shape index (κ3) is 5.35. The standard InChI is InChI=1S/C34H43N5O7/c1-15-10-19-11-21-23(13-35)39-22(27(38(21)8)25(19)30(42)31(15)45-9)12-20-26(29(41)17(3)16(2)28(20)40)24(39)14-36-32(43)18(4)37-33(44)46-34(5,6)7/h10,18,21-24,27,42H,11-12,14H2,1-9H3,(H,36,43)(H,37,44)/t18-,21-,22-,23-,24-,27-/m0/s1. The SMILES string of the molecule is COc1c(C)cc2c(c1O)[C@@H]1[C@@H]3CC4=C(C(=O)C(C)=C(C)C4=O)[C@H](CNC(=O)[C@H](C)NC(=O)OC(C)(C)C)N3[C@@H](C#N)[C@H](C2)N1C. The lowest BCUT2D eigenvalue weighted by molar-refractivity contribution is -0.124. The number of carbonyl (C=O) groups excluding carboxylic acids is 4. The van der Waals surface area contributed by atoms with Gasteiger partial charge < -0.3 is 25.2 Å². The van der Waals surface area contributed by atoms with Crippen molar-refractivity contribution < 1.29 is 33.8 Å². The van der Waals surface area contributed by atoms with Crippen LogP contribution in [0.1, 0.15) is 70.7 Å². The summed E-state index contributed by atoms with van der Waals surface area (Å²) in [5, 5.41) is 27.6. The first-order valence-electron chi connectivity index (χ1n) is 15.6. The van der Waals surface area contributed by atoms with E-state index in [1.54, 1.807) is 34.6 Å². The number of methoxy groups -OCH3 is 1. The van der Waals surface area contributed by atoms with Crippen LogP contribution in [0.5, 0.6) is 11.5 Å². The van der Waals surface area contributed by atoms with Crippen molar-refractivity contribution in [2.45, 2.75) is 103 Å². The Kier molecular flexibility index (Phi) is 8.55. The number of ether oxygens (including phenoxy) is 2. The molecular formula is C34H43N5O7. The molecule has 46 heavy (non-hydrogen) atoms. The summed E-state index contributed by atoms with van der Waals surface area (Å²) in [6, 6.07) is 0.751. The van der Waals surface area contributed by atoms with Gasteiger partial charge in [-0.3, -0.25) is 24.2 Å². The summed E-state index contributed by atoms with van der Waals surface area (Å²) in [4.78, 5) is 57.4. The van der Waals surface area contributed by atoms with Crippen molar-refractivity contribution in [1.29, 1.82) is 5.26 Å². The van der Waals surface area contributed by atoms with Gasteiger partial charge in [-0.25, -0.2) is 4.79 Å². The number of hydrogen-bond donors (Lipinski definition) is 3. The highest BCUT2D eigenvalue weighted by atomic mass is 16.6. The molecule has 0 radical (unpaired) electrons. The van der Waals surface area contributed by atoms with E-state index in [2.05, 4.69) is 21.6 Å². The number of benzene rings is 1. The molecule has 5 rings (SSSR count). The van der Waals surface area contributed by atoms with Gasteiger partial charge in [-0.2, -0.15) is 5.26 Å². The van der Waals surface area contributed by atoms with Crippen LogP contribution in [0.15, 0.2) is 28.4 Å². The monoisotopic (exact) mass is 633 g/mol. The fourth-order valence-corrected chi connectivity index (χ4v) is 7.61. The van der Waals surface area contributed by atoms with Gasteiger partial charge in [-0.1, -0.05) is 6.07 Å². The third-order valence-electron chi connectivity index (χ3n) is 9.81. The Morgan fingerprint density at radius 3 is 2.39 bits per heavy atom. The Balaban J connectivity index is 1.58. The predicted molar refractivity (Wildman–Crippen MR) is 168 cm³/mol. The molecule has 0 unspecified atom stereocenters. The molecule has 0 spiro atoms. The molecule has 1 aromatic carbocycles. The summed E-state index contributed by atoms with van der Waals surface area (Å²) < 4.78 is 10.8. The van der Waals surface area contributed by atoms with Gasteiger partial charge in [0.2, 0.25) is 5.91 Å². The van der Waals surface area contributed by atoms with Crippen molar-refractivity contribution in [2.75, 3.05) is 20.7 Å². The Morgan fingerprint density at radius 2 is 1.78 bits per heavy atom. The van der Waals surface area contributed by atoms with Crippen LogP contribution in [0, 0.1) is 18.3 Å². The van der Waals surface area contributed by atoms with Gasteiger partial charge in [0.15, 0.2) is 23.1 Å². The van der Waals surface area contributed by atoms with E-state index >= 15 is 0 Å². The lowest BCUT2D eigenvalue weighted by Crippen LogP contribution is -2.71. The van der Waals surface area contributed by atoms with Gasteiger partial charge in [0.25, 0.3) is 0 Å². The summed E-state index contributed by atoms with van der Waals surface area (Å²) in [7, 11) is 3.42. The molecule has 3 N–H and O–H groups in total. The van der Waals surface area contributed by atoms with Gasteiger partial charge in [-0.15, -0.1) is 0 Å². The number of rotatable bonds is 5. The molecule has 3 heterocycles. The van der Waals surface area contributed by atoms with Gasteiger partial charge in [0.1, 0.15) is 17.7 Å². The Hall–Kier alpha value is -4.21. The number of amides is 2. The number of carbonyl (C=O) groups is 4. The summed E-state index contributed by atoms with van der Waals surface area (Å²) in [6.45, 7) is 11.7. The van der Waals surface area contributed by atoms with E-state index in [4.69, 9.17) is 9.47 Å². The molecule has 246 valence electrons. The molecule has 1 saturated heterocycles. The third-order valence-corrected chi connectivity index (χ3v) is 9.81. The maximum Gasteiger partial charge on any atom is 0.408 e. The minimum absolute atomic E-state index is 0.0211. The number of phenols is 1. The highest BCUT2D eigenvalue weighted by molar-refractivity contribution is 6.25. The van der Waals surface area contributed by atoms with Gasteiger partial charge >= 0.3 is 6.09 Å². The largest absolute Gasteiger partial charge is 0.504 e. The molecule has 0 saturated carbocycles. The highest BCUT2D eigenvalue weighted by Gasteiger charge is 2.57. The minimum atomic E-state index is -0.964. The number of aromatic hydroxyl groups is 1. The number of phenolic OH excluding ortho intramolecular Hbond substituents is 1. The average molecular weight is 634 g/mol. The smallest absolute Gasteiger partial charge is 0.408 e. The number of piperazine rings is 1. The van der Waals surface area contributed by atoms with E-state index in [0.29, 0.717) is 34.5 Å². The second-order valence-corrected chi connectivity index (χ2v) is 13.8. The van der Waals surface area contributed by atoms with Crippen molar-refractivity contribution in [3.05, 3.63) is 45.0 Å². The summed E-state index contributed by atoms with van der Waals surface area (Å²) in [6.07, 6.45) is -0.0992. The zero-order valence-electron chi connectivity index (χ0n) is 27.9. The van der Waals surface area contributed by atoms with Gasteiger partial charge in [0, 0.05) is 46.5 Å². The molecule has 4 aliphatic rings. The molecule has 6 atom stereocenters. The van der Waals surface area contributed by atoms with E-state index < -0.39 is 47.8 Å². The molecule has 1 aromatic rings. The van der Waals surface area contributed by atoms with Crippen LogP contribution in [0.2, 0.25) is 0 Å². The first-order chi connectivity index (χ1) is 21.5. The molecule has 1 aliphatic carbocycles. The zero-order chi connectivity index (χ0) is 34.0. The summed E-state index contributed by atoms with van der Waals surface area (Å²) >= 11 is 0. The van der Waals surface area contributed by atoms with Gasteiger partial charge in [-0.05, 0) is 79.5 Å². The van der Waals surface area contributed by atoms with Crippen molar-refractivity contribution in [1.82, 2.24) is 20.4 Å². The summed E-state index contributed by atoms with van der Waals surface area (Å²) in [5.74, 6) is -0.648. The Morgan fingerprint density at radius 1 is 1.13 bits per heavy atom. The molecular weight excluding hydrogens is 590 g/mol. The number of nitrogens with one attached hydrogen (secondary N) is 2. The molecule has 12 nitrogen and oxygen atoms in total. The quantitative estimate of drug-likeness (QED) is 0.411.